The molecule has 116 valence electrons. The number of pyridine rings is 1. The van der Waals surface area contributed by atoms with Gasteiger partial charge in [-0.15, -0.1) is 0 Å². The molecule has 1 aliphatic heterocycles. The van der Waals surface area contributed by atoms with E-state index in [-0.39, 0.29) is 11.7 Å². The highest BCUT2D eigenvalue weighted by molar-refractivity contribution is 5.81. The van der Waals surface area contributed by atoms with E-state index in [2.05, 4.69) is 11.9 Å². The summed E-state index contributed by atoms with van der Waals surface area (Å²) in [7, 11) is 0. The van der Waals surface area contributed by atoms with Gasteiger partial charge in [-0.1, -0.05) is 19.8 Å². The van der Waals surface area contributed by atoms with Crippen molar-refractivity contribution in [1.82, 2.24) is 9.88 Å². The van der Waals surface area contributed by atoms with Crippen LogP contribution in [0.5, 0.6) is 0 Å². The van der Waals surface area contributed by atoms with Crippen LogP contribution in [0.4, 0.5) is 10.2 Å². The van der Waals surface area contributed by atoms with Gasteiger partial charge in [0.15, 0.2) is 11.6 Å². The zero-order chi connectivity index (χ0) is 15.2. The smallest absolute Gasteiger partial charge is 0.239 e. The van der Waals surface area contributed by atoms with E-state index in [0.29, 0.717) is 32.0 Å². The molecule has 1 amide bonds. The number of nitrogens with zero attached hydrogens (tertiary/aromatic N) is 3. The van der Waals surface area contributed by atoms with E-state index in [0.717, 1.165) is 19.3 Å². The molecule has 5 nitrogen and oxygen atoms in total. The molecule has 1 aliphatic rings. The van der Waals surface area contributed by atoms with Crippen LogP contribution in [0.25, 0.3) is 0 Å². The number of halogens is 1. The molecule has 1 aromatic rings. The Bertz CT molecular complexity index is 474. The summed E-state index contributed by atoms with van der Waals surface area (Å²) in [6, 6.07) is 2.56. The van der Waals surface area contributed by atoms with Gasteiger partial charge in [0.1, 0.15) is 0 Å². The predicted molar refractivity (Wildman–Crippen MR) is 80.5 cm³/mol. The lowest BCUT2D eigenvalue weighted by Crippen LogP contribution is -2.53. The Kier molecular flexibility index (Phi) is 5.50. The van der Waals surface area contributed by atoms with Crippen molar-refractivity contribution in [1.29, 1.82) is 0 Å². The molecule has 1 atom stereocenters. The highest BCUT2D eigenvalue weighted by Gasteiger charge is 2.26. The van der Waals surface area contributed by atoms with E-state index in [1.54, 1.807) is 17.2 Å². The van der Waals surface area contributed by atoms with Crippen molar-refractivity contribution in [2.45, 2.75) is 32.2 Å². The summed E-state index contributed by atoms with van der Waals surface area (Å²) < 4.78 is 13.7. The van der Waals surface area contributed by atoms with E-state index < -0.39 is 6.04 Å². The zero-order valence-corrected chi connectivity index (χ0v) is 12.5. The first-order valence-electron chi connectivity index (χ1n) is 7.53. The average Bonchev–Trinajstić information content (AvgIpc) is 2.52. The van der Waals surface area contributed by atoms with Crippen LogP contribution in [-0.4, -0.2) is 48.0 Å². The van der Waals surface area contributed by atoms with Gasteiger partial charge in [0.25, 0.3) is 0 Å². The first-order chi connectivity index (χ1) is 10.1. The van der Waals surface area contributed by atoms with Crippen LogP contribution in [0.2, 0.25) is 0 Å². The van der Waals surface area contributed by atoms with Crippen molar-refractivity contribution < 1.29 is 9.18 Å². The number of amides is 1. The minimum absolute atomic E-state index is 0.00425. The molecule has 0 spiro atoms. The van der Waals surface area contributed by atoms with Gasteiger partial charge in [0.05, 0.1) is 6.04 Å². The fourth-order valence-electron chi connectivity index (χ4n) is 2.53. The van der Waals surface area contributed by atoms with Crippen LogP contribution in [0.15, 0.2) is 18.3 Å². The van der Waals surface area contributed by atoms with Crippen LogP contribution in [0.1, 0.15) is 26.2 Å². The van der Waals surface area contributed by atoms with Crippen LogP contribution in [-0.2, 0) is 4.79 Å². The number of nitrogens with two attached hydrogens (primary N) is 1. The Balaban J connectivity index is 1.88. The molecule has 0 radical (unpaired) electrons. The number of anilines is 1. The maximum atomic E-state index is 13.7. The number of rotatable bonds is 5. The second-order valence-corrected chi connectivity index (χ2v) is 5.37. The highest BCUT2D eigenvalue weighted by atomic mass is 19.1. The molecule has 0 aromatic carbocycles. The van der Waals surface area contributed by atoms with Crippen LogP contribution in [0, 0.1) is 5.82 Å². The number of hydrogen-bond donors (Lipinski definition) is 1. The maximum Gasteiger partial charge on any atom is 0.239 e. The van der Waals surface area contributed by atoms with Gasteiger partial charge in [-0.2, -0.15) is 0 Å². The quantitative estimate of drug-likeness (QED) is 0.891. The maximum absolute atomic E-state index is 13.7. The lowest BCUT2D eigenvalue weighted by atomic mass is 10.1. The Hall–Kier alpha value is -1.69. The van der Waals surface area contributed by atoms with Crippen molar-refractivity contribution in [2.24, 2.45) is 5.73 Å². The average molecular weight is 294 g/mol. The Morgan fingerprint density at radius 2 is 2.14 bits per heavy atom. The van der Waals surface area contributed by atoms with E-state index in [1.807, 2.05) is 4.90 Å². The van der Waals surface area contributed by atoms with E-state index >= 15 is 0 Å². The number of carbonyl (C=O) groups is 1. The summed E-state index contributed by atoms with van der Waals surface area (Å²) in [4.78, 5) is 19.9. The lowest BCUT2D eigenvalue weighted by molar-refractivity contribution is -0.133. The molecule has 6 heteroatoms. The van der Waals surface area contributed by atoms with Gasteiger partial charge in [-0.3, -0.25) is 4.79 Å². The topological polar surface area (TPSA) is 62.5 Å². The summed E-state index contributed by atoms with van der Waals surface area (Å²) in [5.74, 6) is 0.0430. The van der Waals surface area contributed by atoms with Crippen molar-refractivity contribution >= 4 is 11.7 Å². The Morgan fingerprint density at radius 1 is 1.43 bits per heavy atom. The van der Waals surface area contributed by atoms with E-state index in [4.69, 9.17) is 5.73 Å². The summed E-state index contributed by atoms with van der Waals surface area (Å²) in [6.07, 6.45) is 4.31. The third-order valence-electron chi connectivity index (χ3n) is 3.82. The fraction of sp³-hybridized carbons (Fsp3) is 0.600. The normalized spacial score (nSPS) is 16.9. The van der Waals surface area contributed by atoms with Gasteiger partial charge in [0, 0.05) is 32.4 Å². The van der Waals surface area contributed by atoms with E-state index in [1.165, 1.54) is 6.07 Å². The number of hydrogen-bond acceptors (Lipinski definition) is 4. The minimum atomic E-state index is -0.414. The van der Waals surface area contributed by atoms with Crippen molar-refractivity contribution in [3.8, 4) is 0 Å². The first-order valence-corrected chi connectivity index (χ1v) is 7.53. The summed E-state index contributed by atoms with van der Waals surface area (Å²) in [6.45, 7) is 4.38. The molecule has 1 saturated heterocycles. The number of piperazine rings is 1. The zero-order valence-electron chi connectivity index (χ0n) is 12.5. The SMILES string of the molecule is CCCCC(N)C(=O)N1CCN(c2ncccc2F)CC1. The third kappa shape index (κ3) is 3.91. The van der Waals surface area contributed by atoms with Crippen molar-refractivity contribution in [3.05, 3.63) is 24.1 Å². The van der Waals surface area contributed by atoms with Crippen molar-refractivity contribution in [2.75, 3.05) is 31.1 Å². The third-order valence-corrected chi connectivity index (χ3v) is 3.82. The fourth-order valence-corrected chi connectivity index (χ4v) is 2.53. The van der Waals surface area contributed by atoms with Crippen LogP contribution < -0.4 is 10.6 Å². The monoisotopic (exact) mass is 294 g/mol. The molecule has 2 rings (SSSR count). The summed E-state index contributed by atoms with van der Waals surface area (Å²) in [5.41, 5.74) is 5.93. The van der Waals surface area contributed by atoms with Gasteiger partial charge in [0.2, 0.25) is 5.91 Å². The molecule has 21 heavy (non-hydrogen) atoms. The molecule has 0 bridgehead atoms. The number of carbonyl (C=O) groups excluding carboxylic acids is 1. The molecule has 1 unspecified atom stereocenters. The molecule has 1 fully saturated rings. The van der Waals surface area contributed by atoms with Crippen LogP contribution >= 0.6 is 0 Å². The van der Waals surface area contributed by atoms with Crippen LogP contribution in [0.3, 0.4) is 0 Å². The standard InChI is InChI=1S/C15H23FN4O/c1-2-3-6-13(17)15(21)20-10-8-19(9-11-20)14-12(16)5-4-7-18-14/h4-5,7,13H,2-3,6,8-11,17H2,1H3. The highest BCUT2D eigenvalue weighted by Crippen LogP contribution is 2.17. The second-order valence-electron chi connectivity index (χ2n) is 5.37. The number of unbranched alkanes of at least 4 members (excludes halogenated alkanes) is 1. The second kappa shape index (κ2) is 7.36. The van der Waals surface area contributed by atoms with E-state index in [9.17, 15) is 9.18 Å². The minimum Gasteiger partial charge on any atom is -0.351 e. The summed E-state index contributed by atoms with van der Waals surface area (Å²) in [5, 5.41) is 0. The predicted octanol–water partition coefficient (Wildman–Crippen LogP) is 1.39. The molecule has 2 heterocycles. The molecule has 0 aliphatic carbocycles. The Labute approximate surface area is 124 Å². The molecule has 2 N–H and O–H groups in total. The van der Waals surface area contributed by atoms with Crippen molar-refractivity contribution in [3.63, 3.8) is 0 Å². The summed E-state index contributed by atoms with van der Waals surface area (Å²) >= 11 is 0. The Morgan fingerprint density at radius 3 is 2.76 bits per heavy atom. The number of aromatic nitrogens is 1. The van der Waals surface area contributed by atoms with Gasteiger partial charge < -0.3 is 15.5 Å². The van der Waals surface area contributed by atoms with Gasteiger partial charge in [-0.25, -0.2) is 9.37 Å². The molecular weight excluding hydrogens is 271 g/mol. The first kappa shape index (κ1) is 15.7. The molecule has 0 saturated carbocycles. The molecular formula is C15H23FN4O. The van der Waals surface area contributed by atoms with Gasteiger partial charge in [-0.05, 0) is 18.6 Å². The molecule has 1 aromatic heterocycles. The van der Waals surface area contributed by atoms with Gasteiger partial charge >= 0.3 is 0 Å². The lowest BCUT2D eigenvalue weighted by Gasteiger charge is -2.36. The largest absolute Gasteiger partial charge is 0.351 e.